The zero-order valence-corrected chi connectivity index (χ0v) is 18.9. The third kappa shape index (κ3) is 3.19. The molecule has 0 spiro atoms. The normalized spacial score (nSPS) is 15.9. The first kappa shape index (κ1) is 20.6. The number of Topliss-reactive ketones (excluding diaryl/α,β-unsaturated/α-hetero) is 1. The van der Waals surface area contributed by atoms with Crippen molar-refractivity contribution >= 4 is 17.3 Å². The number of carbonyl (C=O) groups is 2. The van der Waals surface area contributed by atoms with E-state index in [1.54, 1.807) is 11.6 Å². The monoisotopic (exact) mass is 452 g/mol. The maximum absolute atomic E-state index is 13.2. The molecule has 1 amide bonds. The highest BCUT2D eigenvalue weighted by atomic mass is 16.5. The van der Waals surface area contributed by atoms with Crippen LogP contribution in [0.1, 0.15) is 46.6 Å². The summed E-state index contributed by atoms with van der Waals surface area (Å²) in [5.41, 5.74) is 4.51. The van der Waals surface area contributed by atoms with E-state index < -0.39 is 5.41 Å². The highest BCUT2D eigenvalue weighted by Gasteiger charge is 2.54. The molecule has 0 aliphatic heterocycles. The Bertz CT molecular complexity index is 1440. The van der Waals surface area contributed by atoms with E-state index >= 15 is 0 Å². The lowest BCUT2D eigenvalue weighted by atomic mass is 10.00. The SMILES string of the molecule is COc1ccc(-c2cccc3c2CCC3=O)n2nc(C3(C(=O)NCc4ccccc4)CC3)nc12. The fraction of sp³-hybridized carbons (Fsp3) is 0.259. The van der Waals surface area contributed by atoms with Gasteiger partial charge >= 0.3 is 0 Å². The molecular formula is C27H24N4O3. The van der Waals surface area contributed by atoms with Crippen molar-refractivity contribution < 1.29 is 14.3 Å². The second kappa shape index (κ2) is 7.80. The summed E-state index contributed by atoms with van der Waals surface area (Å²) in [5.74, 6) is 1.21. The first-order chi connectivity index (χ1) is 16.6. The standard InChI is InChI=1S/C27H24N4O3/c1-34-23-13-11-21(19-8-5-9-20-18(19)10-12-22(20)32)31-24(23)29-25(30-31)27(14-15-27)26(33)28-16-17-6-3-2-4-7-17/h2-9,11,13H,10,12,14-16H2,1H3,(H,28,33). The summed E-state index contributed by atoms with van der Waals surface area (Å²) in [6.07, 6.45) is 2.65. The summed E-state index contributed by atoms with van der Waals surface area (Å²) in [4.78, 5) is 30.3. The number of aromatic nitrogens is 3. The molecule has 2 aliphatic carbocycles. The van der Waals surface area contributed by atoms with Crippen LogP contribution in [0, 0.1) is 0 Å². The molecule has 2 heterocycles. The van der Waals surface area contributed by atoms with Crippen molar-refractivity contribution in [1.29, 1.82) is 0 Å². The van der Waals surface area contributed by atoms with Gasteiger partial charge in [0.05, 0.1) is 12.8 Å². The second-order valence-electron chi connectivity index (χ2n) is 8.96. The maximum atomic E-state index is 13.2. The lowest BCUT2D eigenvalue weighted by molar-refractivity contribution is -0.123. The number of ketones is 1. The molecule has 0 radical (unpaired) electrons. The number of hydrogen-bond acceptors (Lipinski definition) is 5. The Balaban J connectivity index is 1.40. The highest BCUT2D eigenvalue weighted by Crippen LogP contribution is 2.47. The van der Waals surface area contributed by atoms with Gasteiger partial charge in [-0.1, -0.05) is 48.5 Å². The van der Waals surface area contributed by atoms with E-state index in [0.29, 0.717) is 49.4 Å². The molecule has 2 aromatic heterocycles. The van der Waals surface area contributed by atoms with Crippen LogP contribution in [0.25, 0.3) is 16.9 Å². The fourth-order valence-electron chi connectivity index (χ4n) is 4.86. The molecule has 6 rings (SSSR count). The number of fused-ring (bicyclic) bond motifs is 2. The summed E-state index contributed by atoms with van der Waals surface area (Å²) in [6, 6.07) is 19.5. The summed E-state index contributed by atoms with van der Waals surface area (Å²) in [7, 11) is 1.60. The molecule has 1 saturated carbocycles. The van der Waals surface area contributed by atoms with Crippen LogP contribution in [0.15, 0.2) is 60.7 Å². The number of methoxy groups -OCH3 is 1. The number of amides is 1. The minimum atomic E-state index is -0.725. The molecule has 2 aliphatic rings. The molecule has 0 bridgehead atoms. The van der Waals surface area contributed by atoms with E-state index in [1.807, 2.05) is 60.7 Å². The molecule has 0 unspecified atom stereocenters. The van der Waals surface area contributed by atoms with Crippen LogP contribution < -0.4 is 10.1 Å². The number of benzene rings is 2. The molecule has 34 heavy (non-hydrogen) atoms. The van der Waals surface area contributed by atoms with E-state index in [1.165, 1.54) is 0 Å². The predicted molar refractivity (Wildman–Crippen MR) is 127 cm³/mol. The average molecular weight is 453 g/mol. The van der Waals surface area contributed by atoms with E-state index in [0.717, 1.165) is 27.9 Å². The summed E-state index contributed by atoms with van der Waals surface area (Å²) >= 11 is 0. The molecule has 0 saturated heterocycles. The minimum absolute atomic E-state index is 0.0565. The Morgan fingerprint density at radius 1 is 1.03 bits per heavy atom. The maximum Gasteiger partial charge on any atom is 0.234 e. The van der Waals surface area contributed by atoms with Crippen molar-refractivity contribution in [2.45, 2.75) is 37.6 Å². The molecular weight excluding hydrogens is 428 g/mol. The zero-order chi connectivity index (χ0) is 23.3. The van der Waals surface area contributed by atoms with Crippen LogP contribution in [-0.2, 0) is 23.2 Å². The average Bonchev–Trinajstić information content (AvgIpc) is 3.42. The van der Waals surface area contributed by atoms with Crippen LogP contribution in [0.5, 0.6) is 5.75 Å². The summed E-state index contributed by atoms with van der Waals surface area (Å²) in [6.45, 7) is 0.466. The Morgan fingerprint density at radius 2 is 1.82 bits per heavy atom. The molecule has 0 atom stereocenters. The largest absolute Gasteiger partial charge is 0.493 e. The fourth-order valence-corrected chi connectivity index (χ4v) is 4.86. The van der Waals surface area contributed by atoms with Gasteiger partial charge in [0.1, 0.15) is 5.41 Å². The van der Waals surface area contributed by atoms with Gasteiger partial charge in [-0.25, -0.2) is 9.50 Å². The minimum Gasteiger partial charge on any atom is -0.493 e. The van der Waals surface area contributed by atoms with Crippen molar-refractivity contribution in [2.24, 2.45) is 0 Å². The molecule has 2 aromatic carbocycles. The van der Waals surface area contributed by atoms with Gasteiger partial charge in [0.15, 0.2) is 23.0 Å². The first-order valence-corrected chi connectivity index (χ1v) is 11.5. The van der Waals surface area contributed by atoms with E-state index in [-0.39, 0.29) is 11.7 Å². The molecule has 1 N–H and O–H groups in total. The Morgan fingerprint density at radius 3 is 2.59 bits per heavy atom. The van der Waals surface area contributed by atoms with Crippen molar-refractivity contribution in [3.8, 4) is 17.0 Å². The third-order valence-electron chi connectivity index (χ3n) is 6.93. The van der Waals surface area contributed by atoms with Gasteiger partial charge in [0.25, 0.3) is 0 Å². The quantitative estimate of drug-likeness (QED) is 0.480. The number of nitrogens with one attached hydrogen (secondary N) is 1. The summed E-state index contributed by atoms with van der Waals surface area (Å²) in [5, 5.41) is 7.89. The highest BCUT2D eigenvalue weighted by molar-refractivity contribution is 6.02. The van der Waals surface area contributed by atoms with Crippen molar-refractivity contribution in [2.75, 3.05) is 7.11 Å². The number of rotatable bonds is 6. The smallest absolute Gasteiger partial charge is 0.234 e. The van der Waals surface area contributed by atoms with E-state index in [2.05, 4.69) is 5.32 Å². The Labute approximate surface area is 196 Å². The van der Waals surface area contributed by atoms with E-state index in [9.17, 15) is 9.59 Å². The molecule has 170 valence electrons. The lowest BCUT2D eigenvalue weighted by Crippen LogP contribution is -2.35. The number of carbonyl (C=O) groups excluding carboxylic acids is 2. The molecule has 1 fully saturated rings. The van der Waals surface area contributed by atoms with Gasteiger partial charge < -0.3 is 10.1 Å². The second-order valence-corrected chi connectivity index (χ2v) is 8.96. The Kier molecular flexibility index (Phi) is 4.72. The van der Waals surface area contributed by atoms with Crippen molar-refractivity contribution in [3.05, 3.63) is 83.2 Å². The zero-order valence-electron chi connectivity index (χ0n) is 18.9. The van der Waals surface area contributed by atoms with Crippen LogP contribution in [0.4, 0.5) is 0 Å². The number of ether oxygens (including phenoxy) is 1. The van der Waals surface area contributed by atoms with Gasteiger partial charge in [-0.15, -0.1) is 5.10 Å². The van der Waals surface area contributed by atoms with Gasteiger partial charge in [0.2, 0.25) is 5.91 Å². The van der Waals surface area contributed by atoms with Gasteiger partial charge in [0, 0.05) is 24.1 Å². The van der Waals surface area contributed by atoms with Crippen LogP contribution in [0.2, 0.25) is 0 Å². The van der Waals surface area contributed by atoms with Crippen LogP contribution >= 0.6 is 0 Å². The number of pyridine rings is 1. The van der Waals surface area contributed by atoms with Crippen molar-refractivity contribution in [1.82, 2.24) is 19.9 Å². The first-order valence-electron chi connectivity index (χ1n) is 11.5. The molecule has 7 heteroatoms. The van der Waals surface area contributed by atoms with Gasteiger partial charge in [-0.05, 0) is 42.5 Å². The van der Waals surface area contributed by atoms with Crippen LogP contribution in [-0.4, -0.2) is 33.4 Å². The number of nitrogens with zero attached hydrogens (tertiary/aromatic N) is 3. The summed E-state index contributed by atoms with van der Waals surface area (Å²) < 4.78 is 7.32. The topological polar surface area (TPSA) is 85.6 Å². The van der Waals surface area contributed by atoms with E-state index in [4.69, 9.17) is 14.8 Å². The van der Waals surface area contributed by atoms with Crippen molar-refractivity contribution in [3.63, 3.8) is 0 Å². The van der Waals surface area contributed by atoms with Gasteiger partial charge in [-0.2, -0.15) is 0 Å². The third-order valence-corrected chi connectivity index (χ3v) is 6.93. The lowest BCUT2D eigenvalue weighted by Gasteiger charge is -2.12. The number of hydrogen-bond donors (Lipinski definition) is 1. The van der Waals surface area contributed by atoms with Gasteiger partial charge in [-0.3, -0.25) is 9.59 Å². The molecule has 7 nitrogen and oxygen atoms in total. The molecule has 4 aromatic rings. The predicted octanol–water partition coefficient (Wildman–Crippen LogP) is 3.88. The van der Waals surface area contributed by atoms with Crippen LogP contribution in [0.3, 0.4) is 0 Å². The Hall–Kier alpha value is -4.00.